The van der Waals surface area contributed by atoms with Gasteiger partial charge in [0, 0.05) is 65.0 Å². The Kier molecular flexibility index (Phi) is 4.44. The van der Waals surface area contributed by atoms with E-state index in [4.69, 9.17) is 0 Å². The first-order valence-electron chi connectivity index (χ1n) is 10.3. The van der Waals surface area contributed by atoms with Gasteiger partial charge >= 0.3 is 0 Å². The fourth-order valence-corrected chi connectivity index (χ4v) is 4.70. The van der Waals surface area contributed by atoms with Crippen molar-refractivity contribution in [2.75, 3.05) is 19.0 Å². The topological polar surface area (TPSA) is 86.4 Å². The van der Waals surface area contributed by atoms with Gasteiger partial charge in [0.2, 0.25) is 0 Å². The van der Waals surface area contributed by atoms with Crippen LogP contribution in [0.5, 0.6) is 0 Å². The summed E-state index contributed by atoms with van der Waals surface area (Å²) in [7, 11) is 3.97. The average Bonchev–Trinajstić information content (AvgIpc) is 3.55. The van der Waals surface area contributed by atoms with Gasteiger partial charge in [0.05, 0.1) is 17.6 Å². The molecule has 7 nitrogen and oxygen atoms in total. The lowest BCUT2D eigenvalue weighted by Crippen LogP contribution is -2.08. The Labute approximate surface area is 192 Å². The number of thiophene rings is 1. The highest BCUT2D eigenvalue weighted by molar-refractivity contribution is 7.14. The molecule has 0 aliphatic heterocycles. The van der Waals surface area contributed by atoms with Gasteiger partial charge < -0.3 is 9.88 Å². The van der Waals surface area contributed by atoms with Crippen molar-refractivity contribution in [2.45, 2.75) is 0 Å². The number of halogens is 1. The van der Waals surface area contributed by atoms with E-state index in [9.17, 15) is 4.39 Å². The molecule has 0 aliphatic carbocycles. The first-order valence-corrected chi connectivity index (χ1v) is 11.1. The van der Waals surface area contributed by atoms with Gasteiger partial charge in [0.1, 0.15) is 11.3 Å². The minimum atomic E-state index is -0.213. The number of anilines is 1. The van der Waals surface area contributed by atoms with Crippen LogP contribution < -0.4 is 4.90 Å². The summed E-state index contributed by atoms with van der Waals surface area (Å²) in [5.41, 5.74) is 6.84. The highest BCUT2D eigenvalue weighted by atomic mass is 32.1. The molecular formula is C24H18FN7S. The van der Waals surface area contributed by atoms with Crippen LogP contribution in [-0.4, -0.2) is 44.2 Å². The number of fused-ring (bicyclic) bond motifs is 2. The van der Waals surface area contributed by atoms with E-state index in [0.717, 1.165) is 66.4 Å². The quantitative estimate of drug-likeness (QED) is 0.367. The van der Waals surface area contributed by atoms with Crippen molar-refractivity contribution >= 4 is 39.1 Å². The van der Waals surface area contributed by atoms with E-state index in [1.165, 1.54) is 6.07 Å². The van der Waals surface area contributed by atoms with Crippen LogP contribution in [0.2, 0.25) is 0 Å². The predicted molar refractivity (Wildman–Crippen MR) is 130 cm³/mol. The van der Waals surface area contributed by atoms with Gasteiger partial charge in [0.25, 0.3) is 0 Å². The summed E-state index contributed by atoms with van der Waals surface area (Å²) in [5, 5.41) is 9.13. The van der Waals surface area contributed by atoms with Crippen molar-refractivity contribution in [3.05, 3.63) is 66.3 Å². The summed E-state index contributed by atoms with van der Waals surface area (Å²) in [6.07, 6.45) is 7.20. The summed E-state index contributed by atoms with van der Waals surface area (Å²) >= 11 is 1.12. The number of hydrogen-bond donors (Lipinski definition) is 2. The third-order valence-electron chi connectivity index (χ3n) is 5.62. The number of pyridine rings is 3. The van der Waals surface area contributed by atoms with Crippen LogP contribution in [0.25, 0.3) is 55.0 Å². The molecule has 0 unspecified atom stereocenters. The number of aromatic amines is 2. The van der Waals surface area contributed by atoms with E-state index >= 15 is 0 Å². The van der Waals surface area contributed by atoms with E-state index in [1.54, 1.807) is 12.3 Å². The van der Waals surface area contributed by atoms with Gasteiger partial charge in [-0.3, -0.25) is 10.1 Å². The summed E-state index contributed by atoms with van der Waals surface area (Å²) in [6, 6.07) is 11.3. The predicted octanol–water partition coefficient (Wildman–Crippen LogP) is 5.50. The van der Waals surface area contributed by atoms with E-state index in [1.807, 2.05) is 49.7 Å². The van der Waals surface area contributed by atoms with Crippen molar-refractivity contribution in [1.82, 2.24) is 30.1 Å². The molecule has 6 rings (SSSR count). The maximum absolute atomic E-state index is 13.6. The summed E-state index contributed by atoms with van der Waals surface area (Å²) in [4.78, 5) is 19.6. The van der Waals surface area contributed by atoms with Gasteiger partial charge in [-0.05, 0) is 36.4 Å². The smallest absolute Gasteiger partial charge is 0.176 e. The molecule has 2 N–H and O–H groups in total. The lowest BCUT2D eigenvalue weighted by molar-refractivity contribution is 0.657. The SMILES string of the molecule is CN(C)c1cncc(-c2cnc3[nH]nc(-c4cc5c(-c6ccc(F)s6)ccnc5[nH]4)c3c2)c1. The average molecular weight is 456 g/mol. The van der Waals surface area contributed by atoms with Crippen molar-refractivity contribution in [3.63, 3.8) is 0 Å². The Balaban J connectivity index is 1.48. The molecule has 0 saturated carbocycles. The maximum atomic E-state index is 13.6. The zero-order valence-corrected chi connectivity index (χ0v) is 18.6. The number of aromatic nitrogens is 6. The van der Waals surface area contributed by atoms with Crippen LogP contribution >= 0.6 is 11.3 Å². The fraction of sp³-hybridized carbons (Fsp3) is 0.0833. The Morgan fingerprint density at radius 2 is 1.79 bits per heavy atom. The molecule has 0 amide bonds. The second-order valence-electron chi connectivity index (χ2n) is 7.93. The molecule has 162 valence electrons. The third-order valence-corrected chi connectivity index (χ3v) is 6.52. The first-order chi connectivity index (χ1) is 16.1. The van der Waals surface area contributed by atoms with Gasteiger partial charge in [-0.2, -0.15) is 9.49 Å². The monoisotopic (exact) mass is 455 g/mol. The zero-order chi connectivity index (χ0) is 22.5. The zero-order valence-electron chi connectivity index (χ0n) is 17.8. The molecule has 0 aromatic carbocycles. The number of nitrogens with one attached hydrogen (secondary N) is 2. The van der Waals surface area contributed by atoms with Gasteiger partial charge in [-0.25, -0.2) is 9.97 Å². The van der Waals surface area contributed by atoms with Crippen molar-refractivity contribution in [1.29, 1.82) is 0 Å². The maximum Gasteiger partial charge on any atom is 0.176 e. The third kappa shape index (κ3) is 3.33. The molecule has 9 heteroatoms. The van der Waals surface area contributed by atoms with Crippen LogP contribution in [0, 0.1) is 5.13 Å². The van der Waals surface area contributed by atoms with Crippen LogP contribution in [0.4, 0.5) is 10.1 Å². The fourth-order valence-electron chi connectivity index (χ4n) is 3.93. The molecule has 0 aliphatic rings. The molecule has 0 spiro atoms. The van der Waals surface area contributed by atoms with E-state index < -0.39 is 0 Å². The lowest BCUT2D eigenvalue weighted by atomic mass is 10.1. The Bertz CT molecular complexity index is 1630. The number of rotatable bonds is 4. The standard InChI is InChI=1S/C24H18FN7S/c1-32(2)15-7-13(10-26-12-15)14-8-18-22(30-31-24(18)28-11-14)19-9-17-16(5-6-27-23(17)29-19)20-3-4-21(25)33-20/h3-12H,1-2H3,(H,27,29)(H,28,30,31). The number of H-pyrrole nitrogens is 2. The lowest BCUT2D eigenvalue weighted by Gasteiger charge is -2.12. The molecule has 0 radical (unpaired) electrons. The summed E-state index contributed by atoms with van der Waals surface area (Å²) < 4.78 is 13.6. The van der Waals surface area contributed by atoms with Crippen molar-refractivity contribution in [2.24, 2.45) is 0 Å². The van der Waals surface area contributed by atoms with Crippen LogP contribution in [0.3, 0.4) is 0 Å². The molecule has 6 heterocycles. The highest BCUT2D eigenvalue weighted by Gasteiger charge is 2.16. The highest BCUT2D eigenvalue weighted by Crippen LogP contribution is 2.36. The van der Waals surface area contributed by atoms with Crippen molar-refractivity contribution < 1.29 is 4.39 Å². The molecule has 0 fully saturated rings. The van der Waals surface area contributed by atoms with Crippen LogP contribution in [-0.2, 0) is 0 Å². The Morgan fingerprint density at radius 1 is 0.909 bits per heavy atom. The van der Waals surface area contributed by atoms with Crippen molar-refractivity contribution in [3.8, 4) is 33.0 Å². The molecule has 6 aromatic heterocycles. The minimum Gasteiger partial charge on any atom is -0.376 e. The number of nitrogens with zero attached hydrogens (tertiary/aromatic N) is 5. The van der Waals surface area contributed by atoms with Gasteiger partial charge in [0.15, 0.2) is 10.8 Å². The molecule has 33 heavy (non-hydrogen) atoms. The molecular weight excluding hydrogens is 437 g/mol. The molecule has 6 aromatic rings. The molecule has 0 saturated heterocycles. The largest absolute Gasteiger partial charge is 0.376 e. The van der Waals surface area contributed by atoms with E-state index in [-0.39, 0.29) is 5.13 Å². The number of hydrogen-bond acceptors (Lipinski definition) is 6. The first kappa shape index (κ1) is 19.6. The van der Waals surface area contributed by atoms with Crippen LogP contribution in [0.1, 0.15) is 0 Å². The Morgan fingerprint density at radius 3 is 2.61 bits per heavy atom. The second kappa shape index (κ2) is 7.49. The summed E-state index contributed by atoms with van der Waals surface area (Å²) in [5.74, 6) is 0. The summed E-state index contributed by atoms with van der Waals surface area (Å²) in [6.45, 7) is 0. The minimum absolute atomic E-state index is 0.213. The van der Waals surface area contributed by atoms with Crippen LogP contribution in [0.15, 0.2) is 61.2 Å². The molecule has 0 atom stereocenters. The normalized spacial score (nSPS) is 11.5. The van der Waals surface area contributed by atoms with E-state index in [2.05, 4.69) is 42.3 Å². The Hall–Kier alpha value is -4.11. The second-order valence-corrected chi connectivity index (χ2v) is 8.96. The van der Waals surface area contributed by atoms with Gasteiger partial charge in [-0.15, -0.1) is 11.3 Å². The van der Waals surface area contributed by atoms with E-state index in [0.29, 0.717) is 5.65 Å². The van der Waals surface area contributed by atoms with Gasteiger partial charge in [-0.1, -0.05) is 0 Å². The molecule has 0 bridgehead atoms.